The zero-order valence-electron chi connectivity index (χ0n) is 9.96. The van der Waals surface area contributed by atoms with Crippen LogP contribution in [0.2, 0.25) is 0 Å². The molecule has 0 saturated carbocycles. The van der Waals surface area contributed by atoms with Crippen LogP contribution in [0, 0.1) is 6.92 Å². The first-order chi connectivity index (χ1) is 8.63. The van der Waals surface area contributed by atoms with Crippen molar-refractivity contribution in [1.82, 2.24) is 14.6 Å². The lowest BCUT2D eigenvalue weighted by atomic mass is 10.1. The van der Waals surface area contributed by atoms with Crippen LogP contribution in [0.15, 0.2) is 36.5 Å². The summed E-state index contributed by atoms with van der Waals surface area (Å²) in [5.41, 5.74) is 16.0. The molecule has 18 heavy (non-hydrogen) atoms. The van der Waals surface area contributed by atoms with Gasteiger partial charge >= 0.3 is 0 Å². The Bertz CT molecular complexity index is 712. The van der Waals surface area contributed by atoms with Gasteiger partial charge in [0, 0.05) is 17.4 Å². The largest absolute Gasteiger partial charge is 0.399 e. The average molecular weight is 239 g/mol. The summed E-state index contributed by atoms with van der Waals surface area (Å²) < 4.78 is 1.70. The molecule has 0 aliphatic carbocycles. The molecular weight excluding hydrogens is 226 g/mol. The van der Waals surface area contributed by atoms with Gasteiger partial charge < -0.3 is 11.5 Å². The number of anilines is 2. The predicted molar refractivity (Wildman–Crippen MR) is 72.0 cm³/mol. The summed E-state index contributed by atoms with van der Waals surface area (Å²) in [5.74, 6) is 0.285. The predicted octanol–water partition coefficient (Wildman–Crippen LogP) is 1.87. The van der Waals surface area contributed by atoms with Crippen LogP contribution in [0.5, 0.6) is 0 Å². The van der Waals surface area contributed by atoms with Crippen LogP contribution in [0.3, 0.4) is 0 Å². The summed E-state index contributed by atoms with van der Waals surface area (Å²) in [6, 6.07) is 9.79. The molecule has 0 saturated heterocycles. The molecule has 0 amide bonds. The molecule has 0 atom stereocenters. The van der Waals surface area contributed by atoms with Gasteiger partial charge in [0.25, 0.3) is 0 Å². The van der Waals surface area contributed by atoms with Gasteiger partial charge in [-0.15, -0.1) is 5.10 Å². The van der Waals surface area contributed by atoms with Crippen LogP contribution < -0.4 is 11.5 Å². The molecule has 5 heteroatoms. The van der Waals surface area contributed by atoms with E-state index in [4.69, 9.17) is 11.5 Å². The summed E-state index contributed by atoms with van der Waals surface area (Å²) in [5, 5.41) is 4.14. The number of pyridine rings is 1. The molecule has 0 fully saturated rings. The Hall–Kier alpha value is -2.56. The molecule has 0 aliphatic heterocycles. The summed E-state index contributed by atoms with van der Waals surface area (Å²) >= 11 is 0. The molecule has 3 rings (SSSR count). The Morgan fingerprint density at radius 2 is 1.78 bits per heavy atom. The second-order valence-corrected chi connectivity index (χ2v) is 4.27. The third-order valence-electron chi connectivity index (χ3n) is 2.88. The smallest absolute Gasteiger partial charge is 0.240 e. The number of aryl methyl sites for hydroxylation is 1. The van der Waals surface area contributed by atoms with E-state index in [0.29, 0.717) is 0 Å². The summed E-state index contributed by atoms with van der Waals surface area (Å²) in [6.45, 7) is 1.99. The second kappa shape index (κ2) is 3.73. The highest BCUT2D eigenvalue weighted by atomic mass is 15.3. The van der Waals surface area contributed by atoms with Crippen molar-refractivity contribution >= 4 is 17.3 Å². The van der Waals surface area contributed by atoms with Gasteiger partial charge in [-0.1, -0.05) is 12.1 Å². The van der Waals surface area contributed by atoms with Crippen molar-refractivity contribution in [2.75, 3.05) is 11.5 Å². The van der Waals surface area contributed by atoms with E-state index in [1.54, 1.807) is 4.52 Å². The minimum absolute atomic E-state index is 0.285. The normalized spacial score (nSPS) is 10.9. The quantitative estimate of drug-likeness (QED) is 0.635. The molecule has 2 aromatic heterocycles. The lowest BCUT2D eigenvalue weighted by Gasteiger charge is -2.05. The minimum Gasteiger partial charge on any atom is -0.399 e. The summed E-state index contributed by atoms with van der Waals surface area (Å²) in [4.78, 5) is 4.17. The Labute approximate surface area is 104 Å². The Kier molecular flexibility index (Phi) is 2.19. The molecule has 4 N–H and O–H groups in total. The molecule has 0 unspecified atom stereocenters. The number of hydrogen-bond acceptors (Lipinski definition) is 4. The molecule has 0 radical (unpaired) electrons. The maximum absolute atomic E-state index is 5.68. The fourth-order valence-corrected chi connectivity index (χ4v) is 2.00. The molecule has 0 aliphatic rings. The minimum atomic E-state index is 0.285. The van der Waals surface area contributed by atoms with Gasteiger partial charge in [0.15, 0.2) is 5.65 Å². The number of fused-ring (bicyclic) bond motifs is 1. The molecule has 5 nitrogen and oxygen atoms in total. The molecule has 0 bridgehead atoms. The number of aromatic nitrogens is 3. The van der Waals surface area contributed by atoms with E-state index < -0.39 is 0 Å². The van der Waals surface area contributed by atoms with E-state index in [2.05, 4.69) is 16.1 Å². The van der Waals surface area contributed by atoms with Gasteiger partial charge in [0.1, 0.15) is 0 Å². The van der Waals surface area contributed by atoms with Crippen molar-refractivity contribution in [3.8, 4) is 11.1 Å². The lowest BCUT2D eigenvalue weighted by Crippen LogP contribution is -1.93. The van der Waals surface area contributed by atoms with E-state index in [-0.39, 0.29) is 5.95 Å². The van der Waals surface area contributed by atoms with E-state index in [0.717, 1.165) is 28.0 Å². The molecule has 2 heterocycles. The first kappa shape index (κ1) is 10.6. The van der Waals surface area contributed by atoms with Gasteiger partial charge in [-0.3, -0.25) is 0 Å². The number of rotatable bonds is 1. The van der Waals surface area contributed by atoms with E-state index in [1.165, 1.54) is 0 Å². The molecule has 1 aromatic carbocycles. The highest BCUT2D eigenvalue weighted by molar-refractivity contribution is 5.68. The topological polar surface area (TPSA) is 82.2 Å². The third-order valence-corrected chi connectivity index (χ3v) is 2.88. The first-order valence-corrected chi connectivity index (χ1v) is 5.62. The Morgan fingerprint density at radius 1 is 1.06 bits per heavy atom. The number of nitrogens with zero attached hydrogens (tertiary/aromatic N) is 3. The van der Waals surface area contributed by atoms with Crippen molar-refractivity contribution in [3.63, 3.8) is 0 Å². The molecule has 3 aromatic rings. The van der Waals surface area contributed by atoms with Gasteiger partial charge in [-0.05, 0) is 36.2 Å². The van der Waals surface area contributed by atoms with Crippen LogP contribution in [0.25, 0.3) is 16.8 Å². The van der Waals surface area contributed by atoms with Gasteiger partial charge in [-0.2, -0.15) is 4.98 Å². The number of benzene rings is 1. The van der Waals surface area contributed by atoms with Crippen molar-refractivity contribution < 1.29 is 0 Å². The van der Waals surface area contributed by atoms with Gasteiger partial charge in [0.05, 0.1) is 0 Å². The molecule has 90 valence electrons. The van der Waals surface area contributed by atoms with E-state index in [9.17, 15) is 0 Å². The summed E-state index contributed by atoms with van der Waals surface area (Å²) in [7, 11) is 0. The van der Waals surface area contributed by atoms with Crippen molar-refractivity contribution in [3.05, 3.63) is 42.1 Å². The van der Waals surface area contributed by atoms with Crippen molar-refractivity contribution in [1.29, 1.82) is 0 Å². The SMILES string of the molecule is Cc1cc(-c2ccc(N)cc2)cn2nc(N)nc12. The maximum Gasteiger partial charge on any atom is 0.240 e. The second-order valence-electron chi connectivity index (χ2n) is 4.27. The number of hydrogen-bond donors (Lipinski definition) is 2. The van der Waals surface area contributed by atoms with Crippen LogP contribution in [0.1, 0.15) is 5.56 Å². The average Bonchev–Trinajstić information content (AvgIpc) is 2.71. The third kappa shape index (κ3) is 1.66. The van der Waals surface area contributed by atoms with E-state index in [1.807, 2.05) is 37.4 Å². The zero-order chi connectivity index (χ0) is 12.7. The fourth-order valence-electron chi connectivity index (χ4n) is 2.00. The highest BCUT2D eigenvalue weighted by Crippen LogP contribution is 2.23. The summed E-state index contributed by atoms with van der Waals surface area (Å²) in [6.07, 6.45) is 1.91. The molecular formula is C13H13N5. The van der Waals surface area contributed by atoms with Crippen molar-refractivity contribution in [2.24, 2.45) is 0 Å². The lowest BCUT2D eigenvalue weighted by molar-refractivity contribution is 0.964. The monoisotopic (exact) mass is 239 g/mol. The highest BCUT2D eigenvalue weighted by Gasteiger charge is 2.06. The zero-order valence-corrected chi connectivity index (χ0v) is 9.96. The standard InChI is InChI=1S/C13H13N5/c1-8-6-10(9-2-4-11(14)5-3-9)7-18-12(8)16-13(15)17-18/h2-7H,14H2,1H3,(H2,15,17). The first-order valence-electron chi connectivity index (χ1n) is 5.62. The van der Waals surface area contributed by atoms with Gasteiger partial charge in [0.2, 0.25) is 5.95 Å². The van der Waals surface area contributed by atoms with Gasteiger partial charge in [-0.25, -0.2) is 4.52 Å². The van der Waals surface area contributed by atoms with Crippen LogP contribution in [-0.4, -0.2) is 14.6 Å². The Balaban J connectivity index is 2.20. The molecule has 0 spiro atoms. The van der Waals surface area contributed by atoms with E-state index >= 15 is 0 Å². The fraction of sp³-hybridized carbons (Fsp3) is 0.0769. The Morgan fingerprint density at radius 3 is 2.50 bits per heavy atom. The number of nitrogen functional groups attached to an aromatic ring is 2. The number of nitrogens with two attached hydrogens (primary N) is 2. The van der Waals surface area contributed by atoms with Crippen molar-refractivity contribution in [2.45, 2.75) is 6.92 Å². The van der Waals surface area contributed by atoms with Crippen LogP contribution in [0.4, 0.5) is 11.6 Å². The van der Waals surface area contributed by atoms with Crippen LogP contribution >= 0.6 is 0 Å². The van der Waals surface area contributed by atoms with Crippen LogP contribution in [-0.2, 0) is 0 Å². The maximum atomic E-state index is 5.68.